The summed E-state index contributed by atoms with van der Waals surface area (Å²) in [5.41, 5.74) is 0. The fourth-order valence-electron chi connectivity index (χ4n) is 3.15. The third-order valence-electron chi connectivity index (χ3n) is 4.22. The summed E-state index contributed by atoms with van der Waals surface area (Å²) in [5, 5.41) is 0. The second kappa shape index (κ2) is 12.1. The Morgan fingerprint density at radius 2 is 1.00 bits per heavy atom. The van der Waals surface area contributed by atoms with Crippen LogP contribution in [0.3, 0.4) is 0 Å². The topological polar surface area (TPSA) is 0 Å². The number of nitrogens with zero attached hydrogens (tertiary/aromatic N) is 1. The predicted octanol–water partition coefficient (Wildman–Crippen LogP) is 9.11. The molecule has 0 aliphatic carbocycles. The molecule has 27 heavy (non-hydrogen) atoms. The zero-order valence-corrected chi connectivity index (χ0v) is 17.8. The zero-order valence-electron chi connectivity index (χ0n) is 16.9. The predicted molar refractivity (Wildman–Crippen MR) is 107 cm³/mol. The average molecular weight is 425 g/mol. The Labute approximate surface area is 161 Å². The van der Waals surface area contributed by atoms with Crippen molar-refractivity contribution in [1.29, 1.82) is 0 Å². The van der Waals surface area contributed by atoms with E-state index in [2.05, 4.69) is 39.2 Å². The van der Waals surface area contributed by atoms with Gasteiger partial charge in [-0.3, -0.25) is 0 Å². The van der Waals surface area contributed by atoms with Gasteiger partial charge in [0.15, 0.2) is 0 Å². The van der Waals surface area contributed by atoms with Gasteiger partial charge in [-0.15, -0.1) is 0 Å². The van der Waals surface area contributed by atoms with Gasteiger partial charge in [0, 0.05) is 0 Å². The maximum absolute atomic E-state index is 10.7. The second-order valence-electron chi connectivity index (χ2n) is 7.16. The van der Waals surface area contributed by atoms with Crippen LogP contribution in [0.25, 0.3) is 0 Å². The molecule has 0 spiro atoms. The fourth-order valence-corrected chi connectivity index (χ4v) is 3.15. The monoisotopic (exact) mass is 425 g/mol. The number of unbranched alkanes of at least 4 members (excludes halogenated alkanes) is 7. The van der Waals surface area contributed by atoms with Crippen molar-refractivity contribution in [3.8, 4) is 0 Å². The molecule has 0 atom stereocenters. The summed E-state index contributed by atoms with van der Waals surface area (Å²) in [7, 11) is -10.7. The summed E-state index contributed by atoms with van der Waals surface area (Å²) in [6.07, 6.45) is 16.6. The Bertz CT molecular complexity index is 383. The molecule has 0 radical (unpaired) electrons. The van der Waals surface area contributed by atoms with Gasteiger partial charge >= 0.3 is 33.0 Å². The van der Waals surface area contributed by atoms with Gasteiger partial charge in [0.05, 0.1) is 26.2 Å². The molecule has 0 fully saturated rings. The number of hydrogen-bond acceptors (Lipinski definition) is 0. The van der Waals surface area contributed by atoms with E-state index in [4.69, 9.17) is 0 Å². The van der Waals surface area contributed by atoms with Crippen LogP contribution in [-0.4, -0.2) is 30.7 Å². The van der Waals surface area contributed by atoms with Gasteiger partial charge < -0.3 is 4.48 Å². The van der Waals surface area contributed by atoms with Crippen molar-refractivity contribution in [1.82, 2.24) is 0 Å². The number of halogens is 6. The Balaban J connectivity index is 0. The molecular formula is C19H38F6NP. The second-order valence-corrected chi connectivity index (χ2v) is 9.08. The van der Waals surface area contributed by atoms with Gasteiger partial charge in [-0.2, -0.15) is 0 Å². The third kappa shape index (κ3) is 27.8. The molecule has 0 N–H and O–H groups in total. The number of rotatable bonds is 15. The van der Waals surface area contributed by atoms with Gasteiger partial charge in [-0.25, -0.2) is 0 Å². The molecule has 0 aromatic rings. The van der Waals surface area contributed by atoms with Gasteiger partial charge in [0.1, 0.15) is 0 Å². The van der Waals surface area contributed by atoms with Gasteiger partial charge in [0.25, 0.3) is 0 Å². The van der Waals surface area contributed by atoms with Crippen molar-refractivity contribution in [2.45, 2.75) is 71.6 Å². The number of quaternary nitrogens is 1. The van der Waals surface area contributed by atoms with E-state index in [0.29, 0.717) is 0 Å². The van der Waals surface area contributed by atoms with Crippen molar-refractivity contribution in [3.05, 3.63) is 25.3 Å². The Hall–Kier alpha value is -0.550. The molecule has 0 amide bonds. The molecule has 0 heterocycles. The van der Waals surface area contributed by atoms with E-state index in [1.54, 1.807) is 0 Å². The SMILES string of the molecule is C=CC[N+](CC=C)(CCC)CCCCCCCCCC.F[P-](F)(F)(F)(F)F. The Kier molecular flexibility index (Phi) is 12.8. The summed E-state index contributed by atoms with van der Waals surface area (Å²) in [6, 6.07) is 0. The van der Waals surface area contributed by atoms with Crippen LogP contribution in [-0.2, 0) is 0 Å². The third-order valence-corrected chi connectivity index (χ3v) is 4.22. The van der Waals surface area contributed by atoms with E-state index in [-0.39, 0.29) is 0 Å². The maximum atomic E-state index is 9.87. The molecule has 0 rings (SSSR count). The normalized spacial score (nSPS) is 14.5. The first-order chi connectivity index (χ1) is 12.2. The first kappa shape index (κ1) is 28.7. The zero-order chi connectivity index (χ0) is 21.5. The summed E-state index contributed by atoms with van der Waals surface area (Å²) in [4.78, 5) is 0. The van der Waals surface area contributed by atoms with Crippen LogP contribution in [0.4, 0.5) is 25.2 Å². The van der Waals surface area contributed by atoms with Crippen LogP contribution in [0.1, 0.15) is 71.6 Å². The van der Waals surface area contributed by atoms with E-state index < -0.39 is 7.81 Å². The van der Waals surface area contributed by atoms with Crippen LogP contribution < -0.4 is 0 Å². The molecule has 8 heteroatoms. The van der Waals surface area contributed by atoms with Crippen LogP contribution >= 0.6 is 7.81 Å². The molecule has 0 bridgehead atoms. The van der Waals surface area contributed by atoms with Gasteiger partial charge in [-0.05, 0) is 31.4 Å². The van der Waals surface area contributed by atoms with Crippen molar-refractivity contribution in [3.63, 3.8) is 0 Å². The van der Waals surface area contributed by atoms with Crippen LogP contribution in [0.2, 0.25) is 0 Å². The van der Waals surface area contributed by atoms with Crippen LogP contribution in [0.15, 0.2) is 25.3 Å². The van der Waals surface area contributed by atoms with Crippen molar-refractivity contribution < 1.29 is 29.7 Å². The molecule has 0 saturated heterocycles. The van der Waals surface area contributed by atoms with E-state index in [1.807, 2.05) is 0 Å². The first-order valence-corrected chi connectivity index (χ1v) is 11.9. The standard InChI is InChI=1S/C19H38N.F6P/c1-5-9-10-11-12-13-14-15-19-20(16-6-2,17-7-3)18-8-4;1-7(2,3,4,5)6/h6-7H,2-3,5,8-19H2,1,4H3;/q+1;-1. The molecule has 0 saturated carbocycles. The van der Waals surface area contributed by atoms with Crippen molar-refractivity contribution >= 4 is 7.81 Å². The Morgan fingerprint density at radius 1 is 0.630 bits per heavy atom. The summed E-state index contributed by atoms with van der Waals surface area (Å²) >= 11 is 0. The van der Waals surface area contributed by atoms with E-state index in [9.17, 15) is 25.2 Å². The van der Waals surface area contributed by atoms with E-state index >= 15 is 0 Å². The van der Waals surface area contributed by atoms with E-state index in [0.717, 1.165) is 13.1 Å². The van der Waals surface area contributed by atoms with Gasteiger partial charge in [0.2, 0.25) is 0 Å². The van der Waals surface area contributed by atoms with Crippen LogP contribution in [0, 0.1) is 0 Å². The van der Waals surface area contributed by atoms with E-state index in [1.165, 1.54) is 75.4 Å². The van der Waals surface area contributed by atoms with Crippen LogP contribution in [0.5, 0.6) is 0 Å². The summed E-state index contributed by atoms with van der Waals surface area (Å²) < 4.78 is 60.4. The molecule has 166 valence electrons. The van der Waals surface area contributed by atoms with Crippen molar-refractivity contribution in [2.24, 2.45) is 0 Å². The minimum atomic E-state index is -10.7. The molecule has 0 aromatic carbocycles. The minimum absolute atomic E-state index is 1.09. The molecule has 0 unspecified atom stereocenters. The first-order valence-electron chi connectivity index (χ1n) is 9.83. The molecule has 0 aliphatic heterocycles. The Morgan fingerprint density at radius 3 is 1.33 bits per heavy atom. The average Bonchev–Trinajstić information content (AvgIpc) is 2.48. The fraction of sp³-hybridized carbons (Fsp3) is 0.789. The summed E-state index contributed by atoms with van der Waals surface area (Å²) in [5.74, 6) is 0. The van der Waals surface area contributed by atoms with Crippen molar-refractivity contribution in [2.75, 3.05) is 26.2 Å². The molecule has 0 aromatic heterocycles. The quantitative estimate of drug-likeness (QED) is 0.0807. The molecule has 0 aliphatic rings. The number of hydrogen-bond donors (Lipinski definition) is 0. The van der Waals surface area contributed by atoms with Gasteiger partial charge in [-0.1, -0.05) is 65.5 Å². The summed E-state index contributed by atoms with van der Waals surface area (Å²) in [6.45, 7) is 17.2. The molecule has 1 nitrogen and oxygen atoms in total. The molecular weight excluding hydrogens is 387 g/mol.